The molecule has 2 nitrogen and oxygen atoms in total. The van der Waals surface area contributed by atoms with Crippen LogP contribution in [-0.2, 0) is 6.42 Å². The lowest BCUT2D eigenvalue weighted by Gasteiger charge is -2.12. The highest BCUT2D eigenvalue weighted by Gasteiger charge is 2.14. The third kappa shape index (κ3) is 2.40. The molecule has 0 saturated heterocycles. The Labute approximate surface area is 102 Å². The molecule has 1 aromatic heterocycles. The molecule has 0 spiro atoms. The molecule has 0 aliphatic heterocycles. The minimum absolute atomic E-state index is 0.103. The van der Waals surface area contributed by atoms with E-state index in [0.717, 1.165) is 5.01 Å². The zero-order chi connectivity index (χ0) is 11.5. The Hall–Kier alpha value is -0.970. The number of halogens is 2. The van der Waals surface area contributed by atoms with Gasteiger partial charge in [0.05, 0.1) is 10.0 Å². The van der Waals surface area contributed by atoms with Gasteiger partial charge in [0.25, 0.3) is 0 Å². The van der Waals surface area contributed by atoms with Crippen LogP contribution in [0.1, 0.15) is 16.6 Å². The molecule has 1 unspecified atom stereocenters. The van der Waals surface area contributed by atoms with Crippen LogP contribution in [0.3, 0.4) is 0 Å². The SMILES string of the molecule is NC(Cc1nccs1)c1cccc(F)c1Cl. The van der Waals surface area contributed by atoms with E-state index in [9.17, 15) is 4.39 Å². The average Bonchev–Trinajstić information content (AvgIpc) is 2.74. The second kappa shape index (κ2) is 4.91. The predicted octanol–water partition coefficient (Wildman–Crippen LogP) is 3.18. The fourth-order valence-corrected chi connectivity index (χ4v) is 2.40. The second-order valence-electron chi connectivity index (χ2n) is 3.38. The van der Waals surface area contributed by atoms with Crippen LogP contribution in [0, 0.1) is 5.82 Å². The molecule has 84 valence electrons. The summed E-state index contributed by atoms with van der Waals surface area (Å²) in [4.78, 5) is 4.14. The van der Waals surface area contributed by atoms with E-state index >= 15 is 0 Å². The molecule has 0 saturated carbocycles. The first kappa shape index (κ1) is 11.5. The maximum absolute atomic E-state index is 13.2. The Morgan fingerprint density at radius 2 is 2.31 bits per heavy atom. The molecule has 0 amide bonds. The van der Waals surface area contributed by atoms with Gasteiger partial charge in [0.2, 0.25) is 0 Å². The molecule has 0 radical (unpaired) electrons. The van der Waals surface area contributed by atoms with Crippen LogP contribution in [0.2, 0.25) is 5.02 Å². The molecular weight excluding hydrogens is 247 g/mol. The molecule has 1 heterocycles. The highest BCUT2D eigenvalue weighted by molar-refractivity contribution is 7.09. The molecule has 0 aliphatic rings. The fourth-order valence-electron chi connectivity index (χ4n) is 1.46. The van der Waals surface area contributed by atoms with Crippen LogP contribution < -0.4 is 5.73 Å². The zero-order valence-electron chi connectivity index (χ0n) is 8.36. The Morgan fingerprint density at radius 1 is 1.50 bits per heavy atom. The predicted molar refractivity (Wildman–Crippen MR) is 64.2 cm³/mol. The van der Waals surface area contributed by atoms with E-state index in [0.29, 0.717) is 12.0 Å². The number of rotatable bonds is 3. The molecule has 2 N–H and O–H groups in total. The summed E-state index contributed by atoms with van der Waals surface area (Å²) in [5, 5.41) is 2.91. The van der Waals surface area contributed by atoms with E-state index in [2.05, 4.69) is 4.98 Å². The molecule has 16 heavy (non-hydrogen) atoms. The zero-order valence-corrected chi connectivity index (χ0v) is 9.93. The lowest BCUT2D eigenvalue weighted by atomic mass is 10.0. The van der Waals surface area contributed by atoms with Gasteiger partial charge in [-0.25, -0.2) is 9.37 Å². The maximum Gasteiger partial charge on any atom is 0.142 e. The standard InChI is InChI=1S/C11H10ClFN2S/c12-11-7(2-1-3-8(11)13)9(14)6-10-15-4-5-16-10/h1-5,9H,6,14H2. The number of nitrogens with two attached hydrogens (primary N) is 1. The van der Waals surface area contributed by atoms with Gasteiger partial charge in [-0.2, -0.15) is 0 Å². The largest absolute Gasteiger partial charge is 0.324 e. The molecule has 2 aromatic rings. The number of benzene rings is 1. The third-order valence-electron chi connectivity index (χ3n) is 2.26. The molecule has 5 heteroatoms. The van der Waals surface area contributed by atoms with Gasteiger partial charge in [0.15, 0.2) is 0 Å². The molecular formula is C11H10ClFN2S. The summed E-state index contributed by atoms with van der Waals surface area (Å²) in [7, 11) is 0. The molecule has 0 bridgehead atoms. The number of thiazole rings is 1. The minimum atomic E-state index is -0.436. The molecule has 1 aromatic carbocycles. The molecule has 0 aliphatic carbocycles. The van der Waals surface area contributed by atoms with Crippen molar-refractivity contribution in [1.29, 1.82) is 0 Å². The van der Waals surface area contributed by atoms with E-state index < -0.39 is 5.82 Å². The van der Waals surface area contributed by atoms with E-state index in [1.54, 1.807) is 18.3 Å². The van der Waals surface area contributed by atoms with Crippen molar-refractivity contribution >= 4 is 22.9 Å². The fraction of sp³-hybridized carbons (Fsp3) is 0.182. The first-order valence-corrected chi connectivity index (χ1v) is 6.02. The topological polar surface area (TPSA) is 38.9 Å². The van der Waals surface area contributed by atoms with Gasteiger partial charge in [0, 0.05) is 24.0 Å². The van der Waals surface area contributed by atoms with Crippen molar-refractivity contribution in [3.63, 3.8) is 0 Å². The number of hydrogen-bond acceptors (Lipinski definition) is 3. The van der Waals surface area contributed by atoms with Gasteiger partial charge in [-0.15, -0.1) is 11.3 Å². The summed E-state index contributed by atoms with van der Waals surface area (Å²) in [6.07, 6.45) is 2.29. The van der Waals surface area contributed by atoms with Crippen molar-refractivity contribution in [2.24, 2.45) is 5.73 Å². The van der Waals surface area contributed by atoms with Crippen LogP contribution >= 0.6 is 22.9 Å². The number of nitrogens with zero attached hydrogens (tertiary/aromatic N) is 1. The van der Waals surface area contributed by atoms with E-state index in [4.69, 9.17) is 17.3 Å². The summed E-state index contributed by atoms with van der Waals surface area (Å²) < 4.78 is 13.2. The Bertz CT molecular complexity index is 473. The minimum Gasteiger partial charge on any atom is -0.324 e. The Morgan fingerprint density at radius 3 is 3.00 bits per heavy atom. The van der Waals surface area contributed by atoms with Gasteiger partial charge < -0.3 is 5.73 Å². The summed E-state index contributed by atoms with van der Waals surface area (Å²) in [6, 6.07) is 4.35. The third-order valence-corrected chi connectivity index (χ3v) is 3.46. The highest BCUT2D eigenvalue weighted by Crippen LogP contribution is 2.26. The lowest BCUT2D eigenvalue weighted by molar-refractivity contribution is 0.619. The normalized spacial score (nSPS) is 12.7. The van der Waals surface area contributed by atoms with Gasteiger partial charge >= 0.3 is 0 Å². The van der Waals surface area contributed by atoms with E-state index in [-0.39, 0.29) is 11.1 Å². The van der Waals surface area contributed by atoms with Crippen LogP contribution in [0.5, 0.6) is 0 Å². The van der Waals surface area contributed by atoms with Gasteiger partial charge in [-0.05, 0) is 11.6 Å². The number of aromatic nitrogens is 1. The maximum atomic E-state index is 13.2. The van der Waals surface area contributed by atoms with Crippen LogP contribution in [0.4, 0.5) is 4.39 Å². The van der Waals surface area contributed by atoms with Crippen molar-refractivity contribution in [1.82, 2.24) is 4.98 Å². The summed E-state index contributed by atoms with van der Waals surface area (Å²) in [6.45, 7) is 0. The highest BCUT2D eigenvalue weighted by atomic mass is 35.5. The molecule has 1 atom stereocenters. The quantitative estimate of drug-likeness (QED) is 0.916. The van der Waals surface area contributed by atoms with E-state index in [1.165, 1.54) is 17.4 Å². The van der Waals surface area contributed by atoms with Gasteiger partial charge in [0.1, 0.15) is 5.82 Å². The Kier molecular flexibility index (Phi) is 3.53. The van der Waals surface area contributed by atoms with Gasteiger partial charge in [-0.1, -0.05) is 23.7 Å². The van der Waals surface area contributed by atoms with E-state index in [1.807, 2.05) is 5.38 Å². The summed E-state index contributed by atoms with van der Waals surface area (Å²) in [5.74, 6) is -0.436. The lowest BCUT2D eigenvalue weighted by Crippen LogP contribution is -2.14. The molecule has 2 rings (SSSR count). The van der Waals surface area contributed by atoms with Crippen LogP contribution in [-0.4, -0.2) is 4.98 Å². The number of hydrogen-bond donors (Lipinski definition) is 1. The van der Waals surface area contributed by atoms with Gasteiger partial charge in [-0.3, -0.25) is 0 Å². The van der Waals surface area contributed by atoms with Crippen molar-refractivity contribution in [2.45, 2.75) is 12.5 Å². The van der Waals surface area contributed by atoms with Crippen molar-refractivity contribution in [2.75, 3.05) is 0 Å². The second-order valence-corrected chi connectivity index (χ2v) is 4.74. The summed E-state index contributed by atoms with van der Waals surface area (Å²) in [5.41, 5.74) is 6.59. The van der Waals surface area contributed by atoms with Crippen LogP contribution in [0.25, 0.3) is 0 Å². The monoisotopic (exact) mass is 256 g/mol. The first-order valence-electron chi connectivity index (χ1n) is 4.76. The van der Waals surface area contributed by atoms with Crippen LogP contribution in [0.15, 0.2) is 29.8 Å². The van der Waals surface area contributed by atoms with Crippen molar-refractivity contribution in [3.8, 4) is 0 Å². The van der Waals surface area contributed by atoms with Crippen molar-refractivity contribution < 1.29 is 4.39 Å². The Balaban J connectivity index is 2.21. The molecule has 0 fully saturated rings. The summed E-state index contributed by atoms with van der Waals surface area (Å²) >= 11 is 7.38. The smallest absolute Gasteiger partial charge is 0.142 e. The first-order chi connectivity index (χ1) is 7.68. The average molecular weight is 257 g/mol. The van der Waals surface area contributed by atoms with Crippen molar-refractivity contribution in [3.05, 3.63) is 51.2 Å².